The second-order valence-electron chi connectivity index (χ2n) is 8.04. The van der Waals surface area contributed by atoms with Gasteiger partial charge >= 0.3 is 6.03 Å². The molecule has 1 saturated heterocycles. The molecule has 1 fully saturated rings. The Bertz CT molecular complexity index is 921. The number of urea groups is 1. The molecule has 0 bridgehead atoms. The molecule has 30 heavy (non-hydrogen) atoms. The molecule has 162 valence electrons. The van der Waals surface area contributed by atoms with Crippen LogP contribution in [-0.4, -0.2) is 54.0 Å². The van der Waals surface area contributed by atoms with Crippen LogP contribution in [0.15, 0.2) is 24.4 Å². The summed E-state index contributed by atoms with van der Waals surface area (Å²) < 4.78 is 5.28. The van der Waals surface area contributed by atoms with Crippen LogP contribution in [-0.2, 0) is 16.0 Å². The van der Waals surface area contributed by atoms with Crippen LogP contribution in [0.2, 0.25) is 0 Å². The number of fused-ring (bicyclic) bond motifs is 1. The number of rotatable bonds is 10. The SMILES string of the molecule is COc1ccc2[nH]cc(CCN3C(=O)NC(CCC(=O)NCCC(C)C)C3=O)c2c1. The average molecular weight is 415 g/mol. The summed E-state index contributed by atoms with van der Waals surface area (Å²) in [6, 6.07) is 4.71. The number of carbonyl (C=O) groups is 3. The van der Waals surface area contributed by atoms with Crippen molar-refractivity contribution in [3.63, 3.8) is 0 Å². The van der Waals surface area contributed by atoms with E-state index < -0.39 is 12.1 Å². The van der Waals surface area contributed by atoms with Crippen LogP contribution in [0.3, 0.4) is 0 Å². The topological polar surface area (TPSA) is 104 Å². The second kappa shape index (κ2) is 9.65. The molecule has 2 aromatic rings. The zero-order chi connectivity index (χ0) is 21.7. The third-order valence-electron chi connectivity index (χ3n) is 5.39. The normalized spacial score (nSPS) is 16.4. The maximum absolute atomic E-state index is 12.6. The Morgan fingerprint density at radius 1 is 1.30 bits per heavy atom. The average Bonchev–Trinajstić information content (AvgIpc) is 3.24. The number of amides is 4. The van der Waals surface area contributed by atoms with E-state index in [1.807, 2.05) is 24.4 Å². The van der Waals surface area contributed by atoms with Gasteiger partial charge in [0.05, 0.1) is 7.11 Å². The van der Waals surface area contributed by atoms with Crippen molar-refractivity contribution < 1.29 is 19.1 Å². The van der Waals surface area contributed by atoms with Crippen molar-refractivity contribution in [1.82, 2.24) is 20.5 Å². The number of methoxy groups -OCH3 is 1. The minimum atomic E-state index is -0.642. The first kappa shape index (κ1) is 21.7. The Hall–Kier alpha value is -3.03. The lowest BCUT2D eigenvalue weighted by Gasteiger charge is -2.13. The molecule has 1 aromatic heterocycles. The first-order chi connectivity index (χ1) is 14.4. The van der Waals surface area contributed by atoms with Crippen LogP contribution in [0, 0.1) is 5.92 Å². The molecule has 8 heteroatoms. The minimum Gasteiger partial charge on any atom is -0.497 e. The van der Waals surface area contributed by atoms with Gasteiger partial charge in [-0.2, -0.15) is 0 Å². The Kier molecular flexibility index (Phi) is 6.97. The van der Waals surface area contributed by atoms with Gasteiger partial charge in [-0.3, -0.25) is 14.5 Å². The molecule has 3 rings (SSSR count). The maximum atomic E-state index is 12.6. The van der Waals surface area contributed by atoms with Gasteiger partial charge in [0.25, 0.3) is 5.91 Å². The number of carbonyl (C=O) groups excluding carboxylic acids is 3. The van der Waals surface area contributed by atoms with Crippen LogP contribution < -0.4 is 15.4 Å². The molecule has 0 saturated carbocycles. The number of benzene rings is 1. The van der Waals surface area contributed by atoms with E-state index in [0.717, 1.165) is 28.6 Å². The van der Waals surface area contributed by atoms with Crippen LogP contribution in [0.5, 0.6) is 5.75 Å². The number of ether oxygens (including phenoxy) is 1. The van der Waals surface area contributed by atoms with Gasteiger partial charge in [-0.1, -0.05) is 13.8 Å². The number of aromatic nitrogens is 1. The monoisotopic (exact) mass is 414 g/mol. The Morgan fingerprint density at radius 2 is 2.10 bits per heavy atom. The van der Waals surface area contributed by atoms with Crippen LogP contribution >= 0.6 is 0 Å². The van der Waals surface area contributed by atoms with Crippen molar-refractivity contribution >= 4 is 28.7 Å². The quantitative estimate of drug-likeness (QED) is 0.520. The van der Waals surface area contributed by atoms with Crippen molar-refractivity contribution in [3.8, 4) is 5.75 Å². The molecule has 1 unspecified atom stereocenters. The van der Waals surface area contributed by atoms with Crippen molar-refractivity contribution in [2.75, 3.05) is 20.2 Å². The summed E-state index contributed by atoms with van der Waals surface area (Å²) in [5.74, 6) is 0.911. The van der Waals surface area contributed by atoms with Gasteiger partial charge in [0.15, 0.2) is 0 Å². The van der Waals surface area contributed by atoms with Crippen molar-refractivity contribution in [1.29, 1.82) is 0 Å². The fraction of sp³-hybridized carbons (Fsp3) is 0.500. The summed E-state index contributed by atoms with van der Waals surface area (Å²) in [6.45, 7) is 5.11. The van der Waals surface area contributed by atoms with Gasteiger partial charge in [-0.25, -0.2) is 4.79 Å². The second-order valence-corrected chi connectivity index (χ2v) is 8.04. The summed E-state index contributed by atoms with van der Waals surface area (Å²) in [7, 11) is 1.62. The maximum Gasteiger partial charge on any atom is 0.324 e. The molecule has 1 aliphatic heterocycles. The Morgan fingerprint density at radius 3 is 2.83 bits per heavy atom. The predicted octanol–water partition coefficient (Wildman–Crippen LogP) is 2.58. The Labute approximate surface area is 176 Å². The molecule has 4 amide bonds. The highest BCUT2D eigenvalue weighted by Crippen LogP contribution is 2.24. The van der Waals surface area contributed by atoms with E-state index in [4.69, 9.17) is 4.74 Å². The molecule has 8 nitrogen and oxygen atoms in total. The zero-order valence-corrected chi connectivity index (χ0v) is 17.8. The molecule has 0 radical (unpaired) electrons. The fourth-order valence-electron chi connectivity index (χ4n) is 3.57. The molecule has 1 atom stereocenters. The highest BCUT2D eigenvalue weighted by atomic mass is 16.5. The molecule has 2 heterocycles. The van der Waals surface area contributed by atoms with Gasteiger partial charge in [0, 0.05) is 36.6 Å². The summed E-state index contributed by atoms with van der Waals surface area (Å²) >= 11 is 0. The molecule has 0 spiro atoms. The standard InChI is InChI=1S/C22H30N4O4/c1-14(2)8-10-23-20(27)7-6-19-21(28)26(22(29)25-19)11-9-15-13-24-18-5-4-16(30-3)12-17(15)18/h4-5,12-14,19,24H,6-11H2,1-3H3,(H,23,27)(H,25,29). The largest absolute Gasteiger partial charge is 0.497 e. The number of nitrogens with one attached hydrogen (secondary N) is 3. The number of imide groups is 1. The third-order valence-corrected chi connectivity index (χ3v) is 5.39. The third kappa shape index (κ3) is 5.11. The number of H-pyrrole nitrogens is 1. The van der Waals surface area contributed by atoms with Gasteiger partial charge in [0.1, 0.15) is 11.8 Å². The van der Waals surface area contributed by atoms with Gasteiger partial charge in [0.2, 0.25) is 5.91 Å². The van der Waals surface area contributed by atoms with Crippen molar-refractivity contribution in [2.45, 2.75) is 45.6 Å². The van der Waals surface area contributed by atoms with Crippen molar-refractivity contribution in [2.24, 2.45) is 5.92 Å². The van der Waals surface area contributed by atoms with Gasteiger partial charge < -0.3 is 20.4 Å². The summed E-state index contributed by atoms with van der Waals surface area (Å²) in [5, 5.41) is 6.56. The van der Waals surface area contributed by atoms with E-state index in [1.165, 1.54) is 4.90 Å². The van der Waals surface area contributed by atoms with Crippen LogP contribution in [0.1, 0.15) is 38.7 Å². The minimum absolute atomic E-state index is 0.0936. The lowest BCUT2D eigenvalue weighted by Crippen LogP contribution is -2.34. The highest BCUT2D eigenvalue weighted by Gasteiger charge is 2.37. The van der Waals surface area contributed by atoms with E-state index >= 15 is 0 Å². The Balaban J connectivity index is 1.52. The lowest BCUT2D eigenvalue weighted by atomic mass is 10.1. The zero-order valence-electron chi connectivity index (χ0n) is 17.8. The van der Waals surface area contributed by atoms with E-state index in [9.17, 15) is 14.4 Å². The first-order valence-electron chi connectivity index (χ1n) is 10.4. The summed E-state index contributed by atoms with van der Waals surface area (Å²) in [6.07, 6.45) is 3.86. The van der Waals surface area contributed by atoms with Crippen LogP contribution in [0.25, 0.3) is 10.9 Å². The van der Waals surface area contributed by atoms with E-state index in [-0.39, 0.29) is 24.8 Å². The molecule has 1 aliphatic rings. The molecule has 0 aliphatic carbocycles. The molecular formula is C22H30N4O4. The number of hydrogen-bond acceptors (Lipinski definition) is 4. The van der Waals surface area contributed by atoms with Crippen LogP contribution in [0.4, 0.5) is 4.79 Å². The lowest BCUT2D eigenvalue weighted by molar-refractivity contribution is -0.127. The smallest absolute Gasteiger partial charge is 0.324 e. The van der Waals surface area contributed by atoms with E-state index in [2.05, 4.69) is 29.5 Å². The van der Waals surface area contributed by atoms with E-state index in [1.54, 1.807) is 7.11 Å². The first-order valence-corrected chi connectivity index (χ1v) is 10.4. The summed E-state index contributed by atoms with van der Waals surface area (Å²) in [5.41, 5.74) is 1.99. The van der Waals surface area contributed by atoms with Gasteiger partial charge in [-0.05, 0) is 48.9 Å². The van der Waals surface area contributed by atoms with Crippen molar-refractivity contribution in [3.05, 3.63) is 30.0 Å². The fourth-order valence-corrected chi connectivity index (χ4v) is 3.57. The number of nitrogens with zero attached hydrogens (tertiary/aromatic N) is 1. The summed E-state index contributed by atoms with van der Waals surface area (Å²) in [4.78, 5) is 41.3. The number of hydrogen-bond donors (Lipinski definition) is 3. The number of aromatic amines is 1. The van der Waals surface area contributed by atoms with Gasteiger partial charge in [-0.15, -0.1) is 0 Å². The molecule has 1 aromatic carbocycles. The molecule has 3 N–H and O–H groups in total. The highest BCUT2D eigenvalue weighted by molar-refractivity contribution is 6.04. The predicted molar refractivity (Wildman–Crippen MR) is 114 cm³/mol. The van der Waals surface area contributed by atoms with E-state index in [0.29, 0.717) is 25.3 Å². The molecular weight excluding hydrogens is 384 g/mol.